The lowest BCUT2D eigenvalue weighted by atomic mass is 10.1. The lowest BCUT2D eigenvalue weighted by Gasteiger charge is -2.21. The number of hydrogen-bond acceptors (Lipinski definition) is 8. The molecule has 8 heteroatoms. The molecule has 0 heterocycles. The van der Waals surface area contributed by atoms with Gasteiger partial charge in [-0.05, 0) is 44.9 Å². The number of thiocarbonyl (C=S) groups is 2. The Morgan fingerprint density at radius 3 is 1.55 bits per heavy atom. The van der Waals surface area contributed by atoms with Crippen LogP contribution in [0.4, 0.5) is 0 Å². The fraction of sp³-hybridized carbons (Fsp3) is 0.286. The summed E-state index contributed by atoms with van der Waals surface area (Å²) in [6, 6.07) is 0. The molecule has 118 valence electrons. The van der Waals surface area contributed by atoms with E-state index in [-0.39, 0.29) is 0 Å². The molecule has 0 amide bonds. The Kier molecular flexibility index (Phi) is 6.46. The number of hydrogen-bond donors (Lipinski definition) is 4. The predicted octanol–water partition coefficient (Wildman–Crippen LogP) is 4.03. The van der Waals surface area contributed by atoms with Gasteiger partial charge in [0.15, 0.2) is 0 Å². The Morgan fingerprint density at radius 1 is 0.909 bits per heavy atom. The molecular weight excluding hydrogens is 393 g/mol. The number of rotatable bonds is 2. The first-order valence-electron chi connectivity index (χ1n) is 6.30. The molecule has 2 unspecified atom stereocenters. The van der Waals surface area contributed by atoms with Gasteiger partial charge in [0.2, 0.25) is 0 Å². The zero-order valence-electron chi connectivity index (χ0n) is 11.3. The van der Waals surface area contributed by atoms with Crippen LogP contribution in [0.1, 0.15) is 12.8 Å². The number of allylic oxidation sites excluding steroid dienone is 2. The monoisotopic (exact) mass is 406 g/mol. The van der Waals surface area contributed by atoms with Crippen LogP contribution in [0.25, 0.3) is 0 Å². The summed E-state index contributed by atoms with van der Waals surface area (Å²) < 4.78 is 1.41. The van der Waals surface area contributed by atoms with Gasteiger partial charge in [-0.15, -0.1) is 25.3 Å². The molecule has 2 rings (SSSR count). The highest BCUT2D eigenvalue weighted by Gasteiger charge is 2.22. The van der Waals surface area contributed by atoms with Gasteiger partial charge in [-0.25, -0.2) is 0 Å². The molecular formula is C14H14O2S6. The Hall–Kier alpha value is 0.460. The number of thiol groups is 2. The SMILES string of the molecule is OC1(S)C=CC(C(=S)SSC(=S)C2=CCC(O)(S)C=C2)=CC1. The Morgan fingerprint density at radius 2 is 1.27 bits per heavy atom. The van der Waals surface area contributed by atoms with Gasteiger partial charge in [0.25, 0.3) is 0 Å². The zero-order chi connectivity index (χ0) is 16.4. The van der Waals surface area contributed by atoms with Gasteiger partial charge in [-0.2, -0.15) is 0 Å². The average molecular weight is 407 g/mol. The molecule has 0 radical (unpaired) electrons. The Labute approximate surface area is 159 Å². The van der Waals surface area contributed by atoms with E-state index >= 15 is 0 Å². The largest absolute Gasteiger partial charge is 0.376 e. The van der Waals surface area contributed by atoms with Gasteiger partial charge in [-0.1, -0.05) is 48.7 Å². The third-order valence-electron chi connectivity index (χ3n) is 2.97. The molecule has 2 N–H and O–H groups in total. The van der Waals surface area contributed by atoms with Gasteiger partial charge < -0.3 is 10.2 Å². The van der Waals surface area contributed by atoms with Gasteiger partial charge in [0.1, 0.15) is 9.87 Å². The molecule has 2 atom stereocenters. The normalized spacial score (nSPS) is 30.7. The van der Waals surface area contributed by atoms with Crippen LogP contribution in [-0.4, -0.2) is 28.5 Å². The second-order valence-corrected chi connectivity index (χ2v) is 9.92. The van der Waals surface area contributed by atoms with E-state index < -0.39 is 9.87 Å². The second-order valence-electron chi connectivity index (χ2n) is 4.89. The first kappa shape index (κ1) is 18.8. The maximum Gasteiger partial charge on any atom is 0.130 e. The van der Waals surface area contributed by atoms with Gasteiger partial charge in [0, 0.05) is 12.8 Å². The van der Waals surface area contributed by atoms with Crippen molar-refractivity contribution in [3.05, 3.63) is 47.6 Å². The van der Waals surface area contributed by atoms with E-state index in [1.165, 1.54) is 21.6 Å². The lowest BCUT2D eigenvalue weighted by molar-refractivity contribution is 0.192. The molecule has 0 fully saturated rings. The summed E-state index contributed by atoms with van der Waals surface area (Å²) in [6.07, 6.45) is 11.4. The van der Waals surface area contributed by atoms with Crippen LogP contribution in [0.15, 0.2) is 47.6 Å². The Balaban J connectivity index is 1.86. The zero-order valence-corrected chi connectivity index (χ0v) is 16.4. The van der Waals surface area contributed by atoms with Crippen LogP contribution >= 0.6 is 71.3 Å². The van der Waals surface area contributed by atoms with Crippen molar-refractivity contribution in [2.24, 2.45) is 0 Å². The van der Waals surface area contributed by atoms with Gasteiger partial charge in [0.05, 0.1) is 8.39 Å². The van der Waals surface area contributed by atoms with Crippen molar-refractivity contribution < 1.29 is 10.2 Å². The number of aliphatic hydroxyl groups is 2. The van der Waals surface area contributed by atoms with Crippen LogP contribution in [0.3, 0.4) is 0 Å². The van der Waals surface area contributed by atoms with Crippen molar-refractivity contribution in [3.8, 4) is 0 Å². The molecule has 0 bridgehead atoms. The topological polar surface area (TPSA) is 40.5 Å². The molecule has 0 saturated heterocycles. The standard InChI is InChI=1S/C14H14O2S6/c15-13(19)5-1-9(2-6-13)11(17)21-22-12(18)10-3-7-14(16,20)8-4-10/h1-5,7,15-16,19-20H,6,8H2. The first-order chi connectivity index (χ1) is 10.2. The van der Waals surface area contributed by atoms with Crippen LogP contribution in [-0.2, 0) is 0 Å². The predicted molar refractivity (Wildman–Crippen MR) is 112 cm³/mol. The van der Waals surface area contributed by atoms with E-state index in [2.05, 4.69) is 25.3 Å². The summed E-state index contributed by atoms with van der Waals surface area (Å²) >= 11 is 18.9. The minimum Gasteiger partial charge on any atom is -0.376 e. The third kappa shape index (κ3) is 5.52. The van der Waals surface area contributed by atoms with Crippen molar-refractivity contribution in [1.82, 2.24) is 0 Å². The molecule has 2 aliphatic carbocycles. The lowest BCUT2D eigenvalue weighted by Crippen LogP contribution is -2.19. The molecule has 0 aromatic heterocycles. The fourth-order valence-corrected chi connectivity index (χ4v) is 4.64. The molecule has 0 spiro atoms. The maximum atomic E-state index is 9.72. The average Bonchev–Trinajstić information content (AvgIpc) is 2.44. The van der Waals surface area contributed by atoms with Crippen LogP contribution in [0.5, 0.6) is 0 Å². The summed E-state index contributed by atoms with van der Waals surface area (Å²) in [5, 5.41) is 19.4. The quantitative estimate of drug-likeness (QED) is 0.240. The summed E-state index contributed by atoms with van der Waals surface area (Å²) in [5.41, 5.74) is 1.79. The van der Waals surface area contributed by atoms with E-state index in [4.69, 9.17) is 24.4 Å². The van der Waals surface area contributed by atoms with Gasteiger partial charge >= 0.3 is 0 Å². The van der Waals surface area contributed by atoms with Crippen molar-refractivity contribution in [3.63, 3.8) is 0 Å². The summed E-state index contributed by atoms with van der Waals surface area (Å²) in [7, 11) is 2.82. The fourth-order valence-electron chi connectivity index (χ4n) is 1.71. The van der Waals surface area contributed by atoms with Crippen molar-refractivity contribution >= 4 is 79.7 Å². The summed E-state index contributed by atoms with van der Waals surface area (Å²) in [6.45, 7) is 0. The summed E-state index contributed by atoms with van der Waals surface area (Å²) in [4.78, 5) is -2.18. The molecule has 2 nitrogen and oxygen atoms in total. The van der Waals surface area contributed by atoms with E-state index in [0.29, 0.717) is 21.2 Å². The highest BCUT2D eigenvalue weighted by Crippen LogP contribution is 2.36. The summed E-state index contributed by atoms with van der Waals surface area (Å²) in [5.74, 6) is 0. The third-order valence-corrected chi connectivity index (χ3v) is 7.34. The minimum atomic E-state index is -1.09. The second kappa shape index (κ2) is 7.57. The van der Waals surface area contributed by atoms with E-state index in [1.807, 2.05) is 12.2 Å². The van der Waals surface area contributed by atoms with Gasteiger partial charge in [-0.3, -0.25) is 0 Å². The molecule has 0 aromatic carbocycles. The van der Waals surface area contributed by atoms with Crippen LogP contribution in [0, 0.1) is 0 Å². The minimum absolute atomic E-state index is 0.423. The van der Waals surface area contributed by atoms with Crippen molar-refractivity contribution in [1.29, 1.82) is 0 Å². The van der Waals surface area contributed by atoms with E-state index in [0.717, 1.165) is 11.1 Å². The molecule has 0 aromatic rings. The van der Waals surface area contributed by atoms with E-state index in [9.17, 15) is 10.2 Å². The highest BCUT2D eigenvalue weighted by molar-refractivity contribution is 8.90. The van der Waals surface area contributed by atoms with Crippen molar-refractivity contribution in [2.75, 3.05) is 0 Å². The van der Waals surface area contributed by atoms with Crippen LogP contribution in [0.2, 0.25) is 0 Å². The smallest absolute Gasteiger partial charge is 0.130 e. The molecule has 0 saturated carbocycles. The molecule has 0 aliphatic heterocycles. The first-order valence-corrected chi connectivity index (χ1v) is 10.2. The molecule has 2 aliphatic rings. The van der Waals surface area contributed by atoms with E-state index in [1.54, 1.807) is 24.3 Å². The Bertz CT molecular complexity index is 559. The van der Waals surface area contributed by atoms with Crippen LogP contribution < -0.4 is 0 Å². The van der Waals surface area contributed by atoms with Crippen molar-refractivity contribution in [2.45, 2.75) is 22.7 Å². The maximum absolute atomic E-state index is 9.72. The highest BCUT2D eigenvalue weighted by atomic mass is 33.1. The molecule has 22 heavy (non-hydrogen) atoms.